The van der Waals surface area contributed by atoms with Crippen LogP contribution in [0.5, 0.6) is 0 Å². The van der Waals surface area contributed by atoms with Crippen LogP contribution in [0.15, 0.2) is 6.07 Å². The van der Waals surface area contributed by atoms with Gasteiger partial charge < -0.3 is 11.1 Å². The first-order valence-corrected chi connectivity index (χ1v) is 8.55. The van der Waals surface area contributed by atoms with Crippen molar-refractivity contribution in [1.29, 1.82) is 0 Å². The summed E-state index contributed by atoms with van der Waals surface area (Å²) in [6.07, 6.45) is 10.1. The predicted octanol–water partition coefficient (Wildman–Crippen LogP) is 3.59. The number of aryl methyl sites for hydroxylation is 2. The molecular weight excluding hydrogens is 278 g/mol. The second kappa shape index (κ2) is 5.91. The molecule has 0 bridgehead atoms. The van der Waals surface area contributed by atoms with E-state index in [4.69, 9.17) is 22.9 Å². The number of nitrogens with zero attached hydrogens (tertiary/aromatic N) is 1. The van der Waals surface area contributed by atoms with Crippen LogP contribution in [-0.4, -0.2) is 16.5 Å². The highest BCUT2D eigenvalue weighted by Crippen LogP contribution is 2.36. The van der Waals surface area contributed by atoms with Gasteiger partial charge >= 0.3 is 0 Å². The minimum atomic E-state index is 0.381. The standard InChI is InChI=1S/C17H25N3S/c1-17(8-3-2-4-9-17)11-19-16-13(15(18)21)10-12-6-5-7-14(12)20-16/h10H,2-9,11H2,1H3,(H2,18,21)(H,19,20). The minimum absolute atomic E-state index is 0.381. The highest BCUT2D eigenvalue weighted by atomic mass is 32.1. The molecule has 114 valence electrons. The molecule has 0 amide bonds. The third kappa shape index (κ3) is 3.20. The first-order chi connectivity index (χ1) is 10.1. The van der Waals surface area contributed by atoms with E-state index in [-0.39, 0.29) is 0 Å². The fourth-order valence-electron chi connectivity index (χ4n) is 3.67. The molecule has 1 heterocycles. The van der Waals surface area contributed by atoms with Crippen LogP contribution in [0, 0.1) is 5.41 Å². The molecule has 2 aliphatic carbocycles. The molecule has 21 heavy (non-hydrogen) atoms. The van der Waals surface area contributed by atoms with Crippen molar-refractivity contribution in [2.24, 2.45) is 11.1 Å². The zero-order chi connectivity index (χ0) is 14.9. The Labute approximate surface area is 132 Å². The van der Waals surface area contributed by atoms with E-state index >= 15 is 0 Å². The van der Waals surface area contributed by atoms with E-state index in [0.717, 1.165) is 30.8 Å². The van der Waals surface area contributed by atoms with E-state index < -0.39 is 0 Å². The minimum Gasteiger partial charge on any atom is -0.389 e. The average molecular weight is 303 g/mol. The van der Waals surface area contributed by atoms with Crippen molar-refractivity contribution in [2.75, 3.05) is 11.9 Å². The zero-order valence-electron chi connectivity index (χ0n) is 12.9. The SMILES string of the molecule is CC1(CNc2nc3c(cc2C(N)=S)CCC3)CCCCC1. The Morgan fingerprint density at radius 3 is 2.76 bits per heavy atom. The van der Waals surface area contributed by atoms with Crippen molar-refractivity contribution in [1.82, 2.24) is 4.98 Å². The molecule has 1 saturated carbocycles. The van der Waals surface area contributed by atoms with Crippen LogP contribution >= 0.6 is 12.2 Å². The van der Waals surface area contributed by atoms with Crippen molar-refractivity contribution in [3.63, 3.8) is 0 Å². The summed E-state index contributed by atoms with van der Waals surface area (Å²) in [7, 11) is 0. The highest BCUT2D eigenvalue weighted by molar-refractivity contribution is 7.80. The number of nitrogens with two attached hydrogens (primary N) is 1. The number of hydrogen-bond donors (Lipinski definition) is 2. The van der Waals surface area contributed by atoms with E-state index in [2.05, 4.69) is 18.3 Å². The Bertz CT molecular complexity index is 547. The summed E-state index contributed by atoms with van der Waals surface area (Å²) >= 11 is 5.22. The molecular formula is C17H25N3S. The number of aromatic nitrogens is 1. The number of rotatable bonds is 4. The first-order valence-electron chi connectivity index (χ1n) is 8.14. The molecule has 0 aromatic carbocycles. The summed E-state index contributed by atoms with van der Waals surface area (Å²) in [6.45, 7) is 3.35. The Morgan fingerprint density at radius 1 is 1.29 bits per heavy atom. The maximum absolute atomic E-state index is 5.90. The fourth-order valence-corrected chi connectivity index (χ4v) is 3.83. The molecule has 0 radical (unpaired) electrons. The van der Waals surface area contributed by atoms with Gasteiger partial charge in [0, 0.05) is 12.2 Å². The molecule has 2 aliphatic rings. The van der Waals surface area contributed by atoms with Crippen molar-refractivity contribution < 1.29 is 0 Å². The molecule has 1 aromatic heterocycles. The van der Waals surface area contributed by atoms with E-state index in [0.29, 0.717) is 10.4 Å². The molecule has 3 rings (SSSR count). The quantitative estimate of drug-likeness (QED) is 0.835. The molecule has 0 saturated heterocycles. The molecule has 3 N–H and O–H groups in total. The Kier molecular flexibility index (Phi) is 4.16. The smallest absolute Gasteiger partial charge is 0.136 e. The lowest BCUT2D eigenvalue weighted by Gasteiger charge is -2.34. The maximum Gasteiger partial charge on any atom is 0.136 e. The van der Waals surface area contributed by atoms with Gasteiger partial charge in [-0.2, -0.15) is 0 Å². The summed E-state index contributed by atoms with van der Waals surface area (Å²) in [6, 6.07) is 2.16. The van der Waals surface area contributed by atoms with Gasteiger partial charge in [-0.25, -0.2) is 4.98 Å². The average Bonchev–Trinajstić information content (AvgIpc) is 2.92. The van der Waals surface area contributed by atoms with Crippen molar-refractivity contribution >= 4 is 23.0 Å². The van der Waals surface area contributed by atoms with E-state index in [1.807, 2.05) is 0 Å². The molecule has 0 atom stereocenters. The molecule has 0 unspecified atom stereocenters. The molecule has 1 fully saturated rings. The van der Waals surface area contributed by atoms with E-state index in [9.17, 15) is 0 Å². The maximum atomic E-state index is 5.90. The third-order valence-electron chi connectivity index (χ3n) is 5.06. The fraction of sp³-hybridized carbons (Fsp3) is 0.647. The summed E-state index contributed by atoms with van der Waals surface area (Å²) in [4.78, 5) is 5.26. The van der Waals surface area contributed by atoms with E-state index in [1.54, 1.807) is 0 Å². The van der Waals surface area contributed by atoms with Gasteiger partial charge in [0.1, 0.15) is 10.8 Å². The number of nitrogens with one attached hydrogen (secondary N) is 1. The second-order valence-electron chi connectivity index (χ2n) is 6.93. The molecule has 0 aliphatic heterocycles. The van der Waals surface area contributed by atoms with Crippen LogP contribution in [0.2, 0.25) is 0 Å². The largest absolute Gasteiger partial charge is 0.389 e. The number of thiocarbonyl (C=S) groups is 1. The molecule has 0 spiro atoms. The Balaban J connectivity index is 1.79. The monoisotopic (exact) mass is 303 g/mol. The van der Waals surface area contributed by atoms with Crippen molar-refractivity contribution in [3.8, 4) is 0 Å². The zero-order valence-corrected chi connectivity index (χ0v) is 13.7. The second-order valence-corrected chi connectivity index (χ2v) is 7.37. The van der Waals surface area contributed by atoms with Crippen LogP contribution in [0.3, 0.4) is 0 Å². The summed E-state index contributed by atoms with van der Waals surface area (Å²) in [5.74, 6) is 0.898. The number of pyridine rings is 1. The molecule has 3 nitrogen and oxygen atoms in total. The van der Waals surface area contributed by atoms with Gasteiger partial charge in [0.05, 0.1) is 5.56 Å². The third-order valence-corrected chi connectivity index (χ3v) is 5.28. The van der Waals surface area contributed by atoms with Crippen molar-refractivity contribution in [3.05, 3.63) is 22.9 Å². The van der Waals surface area contributed by atoms with Gasteiger partial charge in [0.15, 0.2) is 0 Å². The lowest BCUT2D eigenvalue weighted by atomic mass is 9.76. The van der Waals surface area contributed by atoms with Gasteiger partial charge in [0.2, 0.25) is 0 Å². The Morgan fingerprint density at radius 2 is 2.05 bits per heavy atom. The van der Waals surface area contributed by atoms with Crippen LogP contribution in [0.4, 0.5) is 5.82 Å². The molecule has 1 aromatic rings. The Hall–Kier alpha value is -1.16. The topological polar surface area (TPSA) is 50.9 Å². The molecule has 4 heteroatoms. The normalized spacial score (nSPS) is 20.0. The van der Waals surface area contributed by atoms with Gasteiger partial charge in [0.25, 0.3) is 0 Å². The van der Waals surface area contributed by atoms with Crippen LogP contribution in [0.1, 0.15) is 62.3 Å². The summed E-state index contributed by atoms with van der Waals surface area (Å²) < 4.78 is 0. The van der Waals surface area contributed by atoms with Gasteiger partial charge in [-0.15, -0.1) is 0 Å². The summed E-state index contributed by atoms with van der Waals surface area (Å²) in [5.41, 5.74) is 9.76. The van der Waals surface area contributed by atoms with Crippen molar-refractivity contribution in [2.45, 2.75) is 58.3 Å². The number of anilines is 1. The first kappa shape index (κ1) is 14.8. The van der Waals surface area contributed by atoms with E-state index in [1.165, 1.54) is 49.8 Å². The van der Waals surface area contributed by atoms with Crippen LogP contribution in [-0.2, 0) is 12.8 Å². The van der Waals surface area contributed by atoms with Gasteiger partial charge in [-0.3, -0.25) is 0 Å². The lowest BCUT2D eigenvalue weighted by Crippen LogP contribution is -2.30. The number of fused-ring (bicyclic) bond motifs is 1. The van der Waals surface area contributed by atoms with Gasteiger partial charge in [-0.05, 0) is 49.1 Å². The lowest BCUT2D eigenvalue weighted by molar-refractivity contribution is 0.233. The van der Waals surface area contributed by atoms with Crippen LogP contribution in [0.25, 0.3) is 0 Å². The highest BCUT2D eigenvalue weighted by Gasteiger charge is 2.27. The van der Waals surface area contributed by atoms with Crippen LogP contribution < -0.4 is 11.1 Å². The summed E-state index contributed by atoms with van der Waals surface area (Å²) in [5, 5.41) is 3.56. The number of hydrogen-bond acceptors (Lipinski definition) is 3. The predicted molar refractivity (Wildman–Crippen MR) is 91.8 cm³/mol. The van der Waals surface area contributed by atoms with Gasteiger partial charge in [-0.1, -0.05) is 38.4 Å².